The van der Waals surface area contributed by atoms with Crippen LogP contribution in [0.25, 0.3) is 0 Å². The molecule has 0 spiro atoms. The van der Waals surface area contributed by atoms with Gasteiger partial charge in [0, 0.05) is 18.5 Å². The van der Waals surface area contributed by atoms with E-state index in [0.717, 1.165) is 24.3 Å². The average Bonchev–Trinajstić information content (AvgIpc) is 2.49. The minimum atomic E-state index is -4.46. The van der Waals surface area contributed by atoms with E-state index in [-0.39, 0.29) is 29.9 Å². The van der Waals surface area contributed by atoms with Crippen molar-refractivity contribution in [1.29, 1.82) is 5.26 Å². The van der Waals surface area contributed by atoms with E-state index >= 15 is 0 Å². The maximum Gasteiger partial charge on any atom is 0.416 e. The Morgan fingerprint density at radius 3 is 2.39 bits per heavy atom. The lowest BCUT2D eigenvalue weighted by molar-refractivity contribution is -0.137. The molecule has 0 aliphatic carbocycles. The molecule has 7 heteroatoms. The van der Waals surface area contributed by atoms with Crippen molar-refractivity contribution in [2.75, 3.05) is 5.32 Å². The Kier molecular flexibility index (Phi) is 6.23. The number of aliphatic hydroxyl groups excluding tert-OH is 1. The monoisotopic (exact) mass is 322 g/mol. The minimum absolute atomic E-state index is 0.0763. The molecule has 0 fully saturated rings. The zero-order valence-corrected chi connectivity index (χ0v) is 11.9. The number of allylic oxidation sites excluding steroid dienone is 1. The topological polar surface area (TPSA) is 73.1 Å². The Morgan fingerprint density at radius 2 is 1.91 bits per heavy atom. The Hall–Kier alpha value is -2.93. The number of nitrogens with one attached hydrogen (secondary N) is 1. The first-order valence-corrected chi connectivity index (χ1v) is 6.49. The lowest BCUT2D eigenvalue weighted by Gasteiger charge is -2.09. The van der Waals surface area contributed by atoms with Gasteiger partial charge in [-0.3, -0.25) is 4.79 Å². The first-order chi connectivity index (χ1) is 10.8. The highest BCUT2D eigenvalue weighted by Gasteiger charge is 2.29. The number of hydrogen-bond acceptors (Lipinski definition) is 3. The van der Waals surface area contributed by atoms with Gasteiger partial charge in [-0.1, -0.05) is 0 Å². The van der Waals surface area contributed by atoms with Gasteiger partial charge < -0.3 is 10.4 Å². The van der Waals surface area contributed by atoms with Crippen molar-refractivity contribution in [3.8, 4) is 18.4 Å². The predicted molar refractivity (Wildman–Crippen MR) is 78.0 cm³/mol. The lowest BCUT2D eigenvalue weighted by atomic mass is 10.1. The summed E-state index contributed by atoms with van der Waals surface area (Å²) in [6.45, 7) is 0. The van der Waals surface area contributed by atoms with Crippen LogP contribution in [0.15, 0.2) is 35.6 Å². The Balaban J connectivity index is 2.73. The number of carbonyl (C=O) groups is 1. The van der Waals surface area contributed by atoms with Gasteiger partial charge in [-0.15, -0.1) is 12.3 Å². The lowest BCUT2D eigenvalue weighted by Crippen LogP contribution is -2.13. The van der Waals surface area contributed by atoms with Gasteiger partial charge in [0.2, 0.25) is 5.91 Å². The smallest absolute Gasteiger partial charge is 0.416 e. The maximum absolute atomic E-state index is 12.4. The van der Waals surface area contributed by atoms with E-state index in [2.05, 4.69) is 11.2 Å². The predicted octanol–water partition coefficient (Wildman–Crippen LogP) is 3.78. The van der Waals surface area contributed by atoms with Crippen LogP contribution < -0.4 is 5.32 Å². The van der Waals surface area contributed by atoms with Crippen LogP contribution in [-0.2, 0) is 11.0 Å². The van der Waals surface area contributed by atoms with Crippen LogP contribution in [0, 0.1) is 23.7 Å². The number of carbonyl (C=O) groups excluding carboxylic acids is 1. The van der Waals surface area contributed by atoms with E-state index in [1.54, 1.807) is 6.07 Å². The standard InChI is InChI=1S/C16H13F3N2O2/c1-2-3-4-14(22)11(10-20)9-15(23)21-13-7-5-12(6-8-13)16(17,18)19/h1,5-8,22H,3-4,9H2,(H,21,23). The number of nitrogens with zero attached hydrogens (tertiary/aromatic N) is 1. The molecule has 1 aromatic carbocycles. The highest BCUT2D eigenvalue weighted by atomic mass is 19.4. The first-order valence-electron chi connectivity index (χ1n) is 6.49. The highest BCUT2D eigenvalue weighted by Crippen LogP contribution is 2.29. The van der Waals surface area contributed by atoms with E-state index in [4.69, 9.17) is 11.7 Å². The molecule has 0 saturated carbocycles. The maximum atomic E-state index is 12.4. The van der Waals surface area contributed by atoms with Crippen LogP contribution in [0.1, 0.15) is 24.8 Å². The van der Waals surface area contributed by atoms with Crippen molar-refractivity contribution in [1.82, 2.24) is 0 Å². The zero-order valence-electron chi connectivity index (χ0n) is 11.9. The van der Waals surface area contributed by atoms with Crippen molar-refractivity contribution >= 4 is 11.6 Å². The number of alkyl halides is 3. The number of benzene rings is 1. The van der Waals surface area contributed by atoms with Gasteiger partial charge in [-0.2, -0.15) is 18.4 Å². The van der Waals surface area contributed by atoms with Gasteiger partial charge in [-0.05, 0) is 24.3 Å². The molecule has 1 aromatic rings. The summed E-state index contributed by atoms with van der Waals surface area (Å²) in [5, 5.41) is 20.9. The Morgan fingerprint density at radius 1 is 1.30 bits per heavy atom. The third-order valence-corrected chi connectivity index (χ3v) is 2.82. The van der Waals surface area contributed by atoms with Gasteiger partial charge in [-0.25, -0.2) is 0 Å². The molecule has 0 heterocycles. The third kappa shape index (κ3) is 5.76. The molecule has 23 heavy (non-hydrogen) atoms. The summed E-state index contributed by atoms with van der Waals surface area (Å²) in [5.74, 6) is 1.39. The number of rotatable bonds is 5. The second-order valence-corrected chi connectivity index (χ2v) is 4.54. The minimum Gasteiger partial charge on any atom is -0.511 e. The molecule has 0 aliphatic rings. The normalized spacial score (nSPS) is 11.9. The Bertz CT molecular complexity index is 677. The van der Waals surface area contributed by atoms with E-state index in [9.17, 15) is 23.1 Å². The number of halogens is 3. The summed E-state index contributed by atoms with van der Waals surface area (Å²) in [4.78, 5) is 11.8. The number of nitriles is 1. The van der Waals surface area contributed by atoms with Crippen molar-refractivity contribution in [3.05, 3.63) is 41.2 Å². The van der Waals surface area contributed by atoms with Crippen LogP contribution in [0.5, 0.6) is 0 Å². The van der Waals surface area contributed by atoms with E-state index < -0.39 is 24.1 Å². The number of anilines is 1. The second-order valence-electron chi connectivity index (χ2n) is 4.54. The number of aliphatic hydroxyl groups is 1. The fourth-order valence-electron chi connectivity index (χ4n) is 1.66. The van der Waals surface area contributed by atoms with Gasteiger partial charge in [0.15, 0.2) is 0 Å². The van der Waals surface area contributed by atoms with Gasteiger partial charge in [0.1, 0.15) is 5.76 Å². The van der Waals surface area contributed by atoms with Crippen molar-refractivity contribution in [2.45, 2.75) is 25.4 Å². The fourth-order valence-corrected chi connectivity index (χ4v) is 1.66. The molecular formula is C16H13F3N2O2. The van der Waals surface area contributed by atoms with Gasteiger partial charge in [0.25, 0.3) is 0 Å². The first kappa shape index (κ1) is 18.1. The van der Waals surface area contributed by atoms with E-state index in [1.165, 1.54) is 0 Å². The molecule has 0 unspecified atom stereocenters. The van der Waals surface area contributed by atoms with Crippen LogP contribution in [0.2, 0.25) is 0 Å². The number of hydrogen-bond donors (Lipinski definition) is 2. The SMILES string of the molecule is C#CCCC(O)=C(C#N)CC(=O)Nc1ccc(C(F)(F)F)cc1. The molecule has 2 N–H and O–H groups in total. The summed E-state index contributed by atoms with van der Waals surface area (Å²) in [6.07, 6.45) is 0.484. The zero-order chi connectivity index (χ0) is 17.5. The summed E-state index contributed by atoms with van der Waals surface area (Å²) in [5.41, 5.74) is -0.812. The fraction of sp³-hybridized carbons (Fsp3) is 0.250. The molecule has 0 radical (unpaired) electrons. The molecule has 0 aliphatic heterocycles. The highest BCUT2D eigenvalue weighted by molar-refractivity contribution is 5.92. The van der Waals surface area contributed by atoms with E-state index in [0.29, 0.717) is 0 Å². The molecule has 1 rings (SSSR count). The summed E-state index contributed by atoms with van der Waals surface area (Å²) >= 11 is 0. The molecule has 120 valence electrons. The molecule has 0 atom stereocenters. The summed E-state index contributed by atoms with van der Waals surface area (Å²) in [7, 11) is 0. The van der Waals surface area contributed by atoms with Gasteiger partial charge in [0.05, 0.1) is 23.6 Å². The molecule has 0 bridgehead atoms. The molecular weight excluding hydrogens is 309 g/mol. The second kappa shape index (κ2) is 7.90. The van der Waals surface area contributed by atoms with Crippen LogP contribution in [-0.4, -0.2) is 11.0 Å². The molecule has 0 saturated heterocycles. The number of amides is 1. The van der Waals surface area contributed by atoms with Crippen LogP contribution in [0.3, 0.4) is 0 Å². The Labute approximate surface area is 131 Å². The van der Waals surface area contributed by atoms with E-state index in [1.807, 2.05) is 0 Å². The largest absolute Gasteiger partial charge is 0.511 e. The van der Waals surface area contributed by atoms with Crippen molar-refractivity contribution < 1.29 is 23.1 Å². The quantitative estimate of drug-likeness (QED) is 0.492. The molecule has 4 nitrogen and oxygen atoms in total. The summed E-state index contributed by atoms with van der Waals surface area (Å²) < 4.78 is 37.3. The number of terminal acetylenes is 1. The van der Waals surface area contributed by atoms with Crippen molar-refractivity contribution in [3.63, 3.8) is 0 Å². The van der Waals surface area contributed by atoms with Gasteiger partial charge >= 0.3 is 6.18 Å². The average molecular weight is 322 g/mol. The third-order valence-electron chi connectivity index (χ3n) is 2.82. The summed E-state index contributed by atoms with van der Waals surface area (Å²) in [6, 6.07) is 5.59. The molecule has 1 amide bonds. The van der Waals surface area contributed by atoms with Crippen LogP contribution in [0.4, 0.5) is 18.9 Å². The molecule has 0 aromatic heterocycles. The van der Waals surface area contributed by atoms with Crippen LogP contribution >= 0.6 is 0 Å². The van der Waals surface area contributed by atoms with Crippen molar-refractivity contribution in [2.24, 2.45) is 0 Å².